The Balaban J connectivity index is 3.05. The number of rotatable bonds is 5. The monoisotopic (exact) mass is 252 g/mol. The number of hydrogen-bond donors (Lipinski definition) is 2. The third-order valence-corrected chi connectivity index (χ3v) is 2.50. The molecule has 0 aliphatic rings. The molecule has 0 fully saturated rings. The Hall–Kier alpha value is -2.17. The van der Waals surface area contributed by atoms with Crippen LogP contribution in [0.5, 0.6) is 0 Å². The number of hydrogen-bond acceptors (Lipinski definition) is 2. The standard InChI is InChI=1S/C13H13FO4/c1-8(13(17)18)10(7-12(15)16)6-9-2-4-11(14)5-3-9/h2-6,8H,7H2,1H3,(H,15,16)(H,17,18). The molecule has 1 atom stereocenters. The van der Waals surface area contributed by atoms with Gasteiger partial charge in [0.05, 0.1) is 12.3 Å². The number of benzene rings is 1. The fraction of sp³-hybridized carbons (Fsp3) is 0.231. The Bertz CT molecular complexity index is 476. The summed E-state index contributed by atoms with van der Waals surface area (Å²) in [5.74, 6) is -3.49. The Morgan fingerprint density at radius 2 is 1.83 bits per heavy atom. The summed E-state index contributed by atoms with van der Waals surface area (Å²) in [7, 11) is 0. The van der Waals surface area contributed by atoms with Crippen molar-refractivity contribution in [2.45, 2.75) is 13.3 Å². The van der Waals surface area contributed by atoms with Crippen LogP contribution in [0.3, 0.4) is 0 Å². The molecule has 0 spiro atoms. The molecule has 0 radical (unpaired) electrons. The van der Waals surface area contributed by atoms with Crippen LogP contribution in [-0.2, 0) is 9.59 Å². The highest BCUT2D eigenvalue weighted by atomic mass is 19.1. The van der Waals surface area contributed by atoms with Gasteiger partial charge in [-0.1, -0.05) is 18.2 Å². The molecule has 18 heavy (non-hydrogen) atoms. The van der Waals surface area contributed by atoms with E-state index >= 15 is 0 Å². The zero-order valence-electron chi connectivity index (χ0n) is 9.76. The van der Waals surface area contributed by atoms with Crippen molar-refractivity contribution in [3.05, 3.63) is 41.2 Å². The van der Waals surface area contributed by atoms with Crippen LogP contribution in [0.1, 0.15) is 18.9 Å². The molecule has 96 valence electrons. The number of aliphatic carboxylic acids is 2. The van der Waals surface area contributed by atoms with Gasteiger partial charge in [-0.25, -0.2) is 4.39 Å². The Labute approximate surface area is 103 Å². The van der Waals surface area contributed by atoms with Crippen molar-refractivity contribution in [1.82, 2.24) is 0 Å². The van der Waals surface area contributed by atoms with Gasteiger partial charge >= 0.3 is 11.9 Å². The molecule has 0 saturated carbocycles. The summed E-state index contributed by atoms with van der Waals surface area (Å²) in [6, 6.07) is 5.39. The van der Waals surface area contributed by atoms with E-state index in [2.05, 4.69) is 0 Å². The molecule has 0 aliphatic carbocycles. The largest absolute Gasteiger partial charge is 0.481 e. The van der Waals surface area contributed by atoms with Crippen molar-refractivity contribution in [1.29, 1.82) is 0 Å². The lowest BCUT2D eigenvalue weighted by Gasteiger charge is -2.10. The minimum Gasteiger partial charge on any atom is -0.481 e. The van der Waals surface area contributed by atoms with Gasteiger partial charge in [-0.2, -0.15) is 0 Å². The first-order valence-corrected chi connectivity index (χ1v) is 5.30. The third kappa shape index (κ3) is 4.01. The fourth-order valence-electron chi connectivity index (χ4n) is 1.44. The van der Waals surface area contributed by atoms with Crippen LogP contribution in [0.4, 0.5) is 4.39 Å². The lowest BCUT2D eigenvalue weighted by atomic mass is 9.96. The summed E-state index contributed by atoms with van der Waals surface area (Å²) in [5, 5.41) is 17.6. The fourth-order valence-corrected chi connectivity index (χ4v) is 1.44. The molecule has 0 amide bonds. The lowest BCUT2D eigenvalue weighted by Crippen LogP contribution is -2.14. The van der Waals surface area contributed by atoms with Crippen LogP contribution in [0, 0.1) is 11.7 Å². The average Bonchev–Trinajstić information content (AvgIpc) is 2.29. The average molecular weight is 252 g/mol. The van der Waals surface area contributed by atoms with Crippen molar-refractivity contribution in [3.63, 3.8) is 0 Å². The van der Waals surface area contributed by atoms with Gasteiger partial charge in [-0.3, -0.25) is 9.59 Å². The first kappa shape index (κ1) is 13.9. The van der Waals surface area contributed by atoms with E-state index in [-0.39, 0.29) is 12.0 Å². The van der Waals surface area contributed by atoms with Crippen LogP contribution in [0.25, 0.3) is 6.08 Å². The minimum absolute atomic E-state index is 0.265. The predicted molar refractivity (Wildman–Crippen MR) is 63.4 cm³/mol. The van der Waals surface area contributed by atoms with E-state index in [0.717, 1.165) is 0 Å². The topological polar surface area (TPSA) is 74.6 Å². The van der Waals surface area contributed by atoms with E-state index < -0.39 is 23.7 Å². The van der Waals surface area contributed by atoms with Crippen molar-refractivity contribution >= 4 is 18.0 Å². The zero-order chi connectivity index (χ0) is 13.7. The smallest absolute Gasteiger partial charge is 0.310 e. The number of carbonyl (C=O) groups is 2. The van der Waals surface area contributed by atoms with Crippen LogP contribution in [-0.4, -0.2) is 22.2 Å². The summed E-state index contributed by atoms with van der Waals surface area (Å²) in [6.45, 7) is 1.42. The highest BCUT2D eigenvalue weighted by Crippen LogP contribution is 2.19. The van der Waals surface area contributed by atoms with E-state index in [9.17, 15) is 14.0 Å². The van der Waals surface area contributed by atoms with Gasteiger partial charge in [-0.15, -0.1) is 0 Å². The third-order valence-electron chi connectivity index (χ3n) is 2.50. The SMILES string of the molecule is CC(C(=O)O)C(=Cc1ccc(F)cc1)CC(=O)O. The maximum Gasteiger partial charge on any atom is 0.310 e. The van der Waals surface area contributed by atoms with Crippen LogP contribution in [0.2, 0.25) is 0 Å². The van der Waals surface area contributed by atoms with Crippen LogP contribution >= 0.6 is 0 Å². The summed E-state index contributed by atoms with van der Waals surface area (Å²) < 4.78 is 12.7. The first-order chi connectivity index (χ1) is 8.40. The molecule has 1 unspecified atom stereocenters. The molecule has 0 aromatic heterocycles. The summed E-state index contributed by atoms with van der Waals surface area (Å²) in [6.07, 6.45) is 1.11. The summed E-state index contributed by atoms with van der Waals surface area (Å²) in [5.41, 5.74) is 0.836. The zero-order valence-corrected chi connectivity index (χ0v) is 9.76. The Kier molecular flexibility index (Phi) is 4.59. The van der Waals surface area contributed by atoms with Gasteiger partial charge < -0.3 is 10.2 Å². The van der Waals surface area contributed by atoms with Crippen molar-refractivity contribution in [2.24, 2.45) is 5.92 Å². The van der Waals surface area contributed by atoms with E-state index in [0.29, 0.717) is 5.56 Å². The molecule has 5 heteroatoms. The van der Waals surface area contributed by atoms with E-state index in [4.69, 9.17) is 10.2 Å². The van der Waals surface area contributed by atoms with Crippen molar-refractivity contribution in [3.8, 4) is 0 Å². The van der Waals surface area contributed by atoms with E-state index in [1.807, 2.05) is 0 Å². The summed E-state index contributed by atoms with van der Waals surface area (Å²) in [4.78, 5) is 21.6. The molecule has 1 aromatic rings. The Morgan fingerprint density at radius 3 is 2.28 bits per heavy atom. The van der Waals surface area contributed by atoms with Gasteiger partial charge in [0.1, 0.15) is 5.82 Å². The molecule has 0 aliphatic heterocycles. The predicted octanol–water partition coefficient (Wildman–Crippen LogP) is 2.40. The Morgan fingerprint density at radius 1 is 1.28 bits per heavy atom. The highest BCUT2D eigenvalue weighted by Gasteiger charge is 2.18. The molecule has 2 N–H and O–H groups in total. The van der Waals surface area contributed by atoms with Crippen LogP contribution < -0.4 is 0 Å². The summed E-state index contributed by atoms with van der Waals surface area (Å²) >= 11 is 0. The molecule has 0 heterocycles. The quantitative estimate of drug-likeness (QED) is 0.843. The maximum absolute atomic E-state index is 12.7. The van der Waals surface area contributed by atoms with Gasteiger partial charge in [0.2, 0.25) is 0 Å². The molecule has 0 bridgehead atoms. The van der Waals surface area contributed by atoms with Gasteiger partial charge in [0.15, 0.2) is 0 Å². The lowest BCUT2D eigenvalue weighted by molar-refractivity contribution is -0.140. The number of carboxylic acid groups (broad SMARTS) is 2. The van der Waals surface area contributed by atoms with Crippen LogP contribution in [0.15, 0.2) is 29.8 Å². The normalized spacial score (nSPS) is 13.1. The van der Waals surface area contributed by atoms with Crippen molar-refractivity contribution < 1.29 is 24.2 Å². The first-order valence-electron chi connectivity index (χ1n) is 5.30. The molecular formula is C13H13FO4. The van der Waals surface area contributed by atoms with Gasteiger partial charge in [0.25, 0.3) is 0 Å². The second-order valence-corrected chi connectivity index (χ2v) is 3.90. The second-order valence-electron chi connectivity index (χ2n) is 3.90. The molecule has 1 aromatic carbocycles. The van der Waals surface area contributed by atoms with Crippen molar-refractivity contribution in [2.75, 3.05) is 0 Å². The number of halogens is 1. The minimum atomic E-state index is -1.10. The second kappa shape index (κ2) is 5.95. The van der Waals surface area contributed by atoms with E-state index in [1.165, 1.54) is 37.3 Å². The van der Waals surface area contributed by atoms with E-state index in [1.54, 1.807) is 0 Å². The molecular weight excluding hydrogens is 239 g/mol. The van der Waals surface area contributed by atoms with Gasteiger partial charge in [-0.05, 0) is 30.2 Å². The van der Waals surface area contributed by atoms with Gasteiger partial charge in [0, 0.05) is 0 Å². The molecule has 0 saturated heterocycles. The number of carboxylic acids is 2. The molecule has 4 nitrogen and oxygen atoms in total. The molecule has 1 rings (SSSR count). The highest BCUT2D eigenvalue weighted by molar-refractivity contribution is 5.80. The maximum atomic E-state index is 12.7.